The van der Waals surface area contributed by atoms with Crippen molar-refractivity contribution in [1.82, 2.24) is 9.97 Å². The van der Waals surface area contributed by atoms with E-state index in [9.17, 15) is 0 Å². The van der Waals surface area contributed by atoms with E-state index in [0.29, 0.717) is 29.6 Å². The van der Waals surface area contributed by atoms with Crippen molar-refractivity contribution < 1.29 is 9.47 Å². The lowest BCUT2D eigenvalue weighted by Gasteiger charge is -2.17. The van der Waals surface area contributed by atoms with Gasteiger partial charge < -0.3 is 14.8 Å². The average Bonchev–Trinajstić information content (AvgIpc) is 2.83. The van der Waals surface area contributed by atoms with Gasteiger partial charge in [0.2, 0.25) is 0 Å². The SMILES string of the molecule is CCC1OCCC1CNc1cc(Cl)nc(COC)n1. The summed E-state index contributed by atoms with van der Waals surface area (Å²) in [4.78, 5) is 8.46. The van der Waals surface area contributed by atoms with Crippen LogP contribution in [0.2, 0.25) is 5.15 Å². The van der Waals surface area contributed by atoms with Crippen LogP contribution in [0, 0.1) is 5.92 Å². The predicted octanol–water partition coefficient (Wildman–Crippen LogP) is 2.50. The zero-order chi connectivity index (χ0) is 13.7. The number of ether oxygens (including phenoxy) is 2. The summed E-state index contributed by atoms with van der Waals surface area (Å²) in [6.45, 7) is 4.21. The molecule has 106 valence electrons. The number of nitrogens with one attached hydrogen (secondary N) is 1. The molecule has 19 heavy (non-hydrogen) atoms. The van der Waals surface area contributed by atoms with Gasteiger partial charge in [0.25, 0.3) is 0 Å². The molecule has 1 fully saturated rings. The Morgan fingerprint density at radius 2 is 2.37 bits per heavy atom. The fourth-order valence-electron chi connectivity index (χ4n) is 2.36. The van der Waals surface area contributed by atoms with Crippen LogP contribution in [-0.2, 0) is 16.1 Å². The van der Waals surface area contributed by atoms with E-state index >= 15 is 0 Å². The first-order valence-corrected chi connectivity index (χ1v) is 6.98. The van der Waals surface area contributed by atoms with E-state index in [-0.39, 0.29) is 0 Å². The van der Waals surface area contributed by atoms with E-state index in [1.54, 1.807) is 13.2 Å². The number of hydrogen-bond donors (Lipinski definition) is 1. The predicted molar refractivity (Wildman–Crippen MR) is 74.4 cm³/mol. The third-order valence-electron chi connectivity index (χ3n) is 3.31. The summed E-state index contributed by atoms with van der Waals surface area (Å²) in [7, 11) is 1.61. The number of aromatic nitrogens is 2. The van der Waals surface area contributed by atoms with E-state index in [2.05, 4.69) is 22.2 Å². The van der Waals surface area contributed by atoms with Crippen LogP contribution in [-0.4, -0.2) is 36.3 Å². The van der Waals surface area contributed by atoms with Crippen LogP contribution in [0.25, 0.3) is 0 Å². The van der Waals surface area contributed by atoms with Crippen molar-refractivity contribution in [2.45, 2.75) is 32.5 Å². The van der Waals surface area contributed by atoms with Gasteiger partial charge >= 0.3 is 0 Å². The standard InChI is InChI=1S/C13H20ClN3O2/c1-3-10-9(4-5-19-10)7-15-12-6-11(14)16-13(17-12)8-18-2/h6,9-10H,3-5,7-8H2,1-2H3,(H,15,16,17). The molecule has 1 saturated heterocycles. The van der Waals surface area contributed by atoms with Crippen LogP contribution >= 0.6 is 11.6 Å². The Labute approximate surface area is 118 Å². The maximum atomic E-state index is 5.97. The van der Waals surface area contributed by atoms with E-state index in [0.717, 1.165) is 31.8 Å². The molecule has 1 N–H and O–H groups in total. The summed E-state index contributed by atoms with van der Waals surface area (Å²) in [6, 6.07) is 1.73. The zero-order valence-electron chi connectivity index (χ0n) is 11.4. The molecule has 1 aromatic rings. The fourth-order valence-corrected chi connectivity index (χ4v) is 2.56. The Kier molecular flexibility index (Phi) is 5.36. The van der Waals surface area contributed by atoms with Crippen LogP contribution in [0.1, 0.15) is 25.6 Å². The van der Waals surface area contributed by atoms with E-state index in [4.69, 9.17) is 21.1 Å². The minimum Gasteiger partial charge on any atom is -0.378 e. The summed E-state index contributed by atoms with van der Waals surface area (Å²) in [5.74, 6) is 1.87. The van der Waals surface area contributed by atoms with Crippen molar-refractivity contribution in [3.8, 4) is 0 Å². The van der Waals surface area contributed by atoms with Gasteiger partial charge in [-0.15, -0.1) is 0 Å². The molecule has 2 heterocycles. The van der Waals surface area contributed by atoms with Crippen molar-refractivity contribution in [1.29, 1.82) is 0 Å². The van der Waals surface area contributed by atoms with Crippen molar-refractivity contribution in [3.05, 3.63) is 17.0 Å². The highest BCUT2D eigenvalue weighted by Crippen LogP contribution is 2.24. The monoisotopic (exact) mass is 285 g/mol. The van der Waals surface area contributed by atoms with Gasteiger partial charge in [0.15, 0.2) is 5.82 Å². The van der Waals surface area contributed by atoms with Crippen molar-refractivity contribution in [2.75, 3.05) is 25.6 Å². The molecule has 0 spiro atoms. The van der Waals surface area contributed by atoms with E-state index in [1.165, 1.54) is 0 Å². The highest BCUT2D eigenvalue weighted by atomic mass is 35.5. The molecule has 1 aliphatic rings. The summed E-state index contributed by atoms with van der Waals surface area (Å²) >= 11 is 5.97. The van der Waals surface area contributed by atoms with Crippen molar-refractivity contribution in [2.24, 2.45) is 5.92 Å². The molecule has 0 aliphatic carbocycles. The Balaban J connectivity index is 1.95. The smallest absolute Gasteiger partial charge is 0.158 e. The lowest BCUT2D eigenvalue weighted by atomic mass is 10.00. The fraction of sp³-hybridized carbons (Fsp3) is 0.692. The van der Waals surface area contributed by atoms with Crippen LogP contribution < -0.4 is 5.32 Å². The van der Waals surface area contributed by atoms with Crippen molar-refractivity contribution in [3.63, 3.8) is 0 Å². The summed E-state index contributed by atoms with van der Waals surface area (Å²) in [5, 5.41) is 3.75. The van der Waals surface area contributed by atoms with Crippen LogP contribution in [0.5, 0.6) is 0 Å². The third-order valence-corrected chi connectivity index (χ3v) is 3.50. The van der Waals surface area contributed by atoms with Gasteiger partial charge in [-0.05, 0) is 12.8 Å². The summed E-state index contributed by atoms with van der Waals surface area (Å²) in [6.07, 6.45) is 2.49. The molecular formula is C13H20ClN3O2. The number of rotatable bonds is 6. The molecule has 0 saturated carbocycles. The van der Waals surface area contributed by atoms with Gasteiger partial charge in [0.05, 0.1) is 6.10 Å². The average molecular weight is 286 g/mol. The number of hydrogen-bond acceptors (Lipinski definition) is 5. The van der Waals surface area contributed by atoms with Gasteiger partial charge in [-0.25, -0.2) is 9.97 Å². The first-order valence-electron chi connectivity index (χ1n) is 6.60. The number of methoxy groups -OCH3 is 1. The molecule has 5 nitrogen and oxygen atoms in total. The summed E-state index contributed by atoms with van der Waals surface area (Å²) in [5.41, 5.74) is 0. The van der Waals surface area contributed by atoms with Crippen LogP contribution in [0.15, 0.2) is 6.07 Å². The molecule has 1 aliphatic heterocycles. The first-order chi connectivity index (χ1) is 9.22. The molecular weight excluding hydrogens is 266 g/mol. The highest BCUT2D eigenvalue weighted by Gasteiger charge is 2.26. The molecule has 2 unspecified atom stereocenters. The molecule has 2 atom stereocenters. The molecule has 2 rings (SSSR count). The molecule has 0 aromatic carbocycles. The Morgan fingerprint density at radius 1 is 1.53 bits per heavy atom. The van der Waals surface area contributed by atoms with Gasteiger partial charge in [-0.3, -0.25) is 0 Å². The Morgan fingerprint density at radius 3 is 3.11 bits per heavy atom. The van der Waals surface area contributed by atoms with Crippen LogP contribution in [0.3, 0.4) is 0 Å². The zero-order valence-corrected chi connectivity index (χ0v) is 12.1. The Hall–Kier alpha value is -0.910. The second-order valence-electron chi connectivity index (χ2n) is 4.67. The highest BCUT2D eigenvalue weighted by molar-refractivity contribution is 6.29. The molecule has 0 bridgehead atoms. The van der Waals surface area contributed by atoms with E-state index in [1.807, 2.05) is 0 Å². The lowest BCUT2D eigenvalue weighted by Crippen LogP contribution is -2.23. The third kappa shape index (κ3) is 4.03. The van der Waals surface area contributed by atoms with E-state index < -0.39 is 0 Å². The molecule has 1 aromatic heterocycles. The molecule has 0 radical (unpaired) electrons. The largest absolute Gasteiger partial charge is 0.378 e. The number of nitrogens with zero attached hydrogens (tertiary/aromatic N) is 2. The number of anilines is 1. The van der Waals surface area contributed by atoms with Gasteiger partial charge in [0, 0.05) is 32.2 Å². The quantitative estimate of drug-likeness (QED) is 0.814. The molecule has 0 amide bonds. The number of halogens is 1. The maximum Gasteiger partial charge on any atom is 0.158 e. The van der Waals surface area contributed by atoms with Gasteiger partial charge in [-0.1, -0.05) is 18.5 Å². The first kappa shape index (κ1) is 14.5. The summed E-state index contributed by atoms with van der Waals surface area (Å²) < 4.78 is 10.7. The van der Waals surface area contributed by atoms with Gasteiger partial charge in [0.1, 0.15) is 17.6 Å². The van der Waals surface area contributed by atoms with Crippen molar-refractivity contribution >= 4 is 17.4 Å². The molecule has 6 heteroatoms. The normalized spacial score (nSPS) is 22.7. The van der Waals surface area contributed by atoms with Gasteiger partial charge in [-0.2, -0.15) is 0 Å². The Bertz CT molecular complexity index is 417. The lowest BCUT2D eigenvalue weighted by molar-refractivity contribution is 0.0900. The van der Waals surface area contributed by atoms with Crippen LogP contribution in [0.4, 0.5) is 5.82 Å². The maximum absolute atomic E-state index is 5.97. The second-order valence-corrected chi connectivity index (χ2v) is 5.06. The second kappa shape index (κ2) is 7.03. The minimum atomic E-state index is 0.350. The topological polar surface area (TPSA) is 56.3 Å². The minimum absolute atomic E-state index is 0.350.